The molecule has 1 aliphatic heterocycles. The SMILES string of the molecule is CC(C)(C)CC(=O)NC[C@@H]1CCCN1c1nccs1. The first-order chi connectivity index (χ1) is 8.96. The fourth-order valence-corrected chi connectivity index (χ4v) is 3.17. The number of aromatic nitrogens is 1. The molecule has 5 heteroatoms. The molecule has 2 heterocycles. The molecule has 106 valence electrons. The maximum absolute atomic E-state index is 11.9. The fourth-order valence-electron chi connectivity index (χ4n) is 2.43. The van der Waals surface area contributed by atoms with Crippen LogP contribution in [-0.4, -0.2) is 30.0 Å². The van der Waals surface area contributed by atoms with E-state index in [-0.39, 0.29) is 11.3 Å². The number of nitrogens with zero attached hydrogens (tertiary/aromatic N) is 2. The third-order valence-corrected chi connectivity index (χ3v) is 4.08. The van der Waals surface area contributed by atoms with Crippen LogP contribution in [0.1, 0.15) is 40.0 Å². The molecule has 1 atom stereocenters. The summed E-state index contributed by atoms with van der Waals surface area (Å²) in [4.78, 5) is 18.6. The molecule has 0 unspecified atom stereocenters. The zero-order valence-electron chi connectivity index (χ0n) is 12.0. The first kappa shape index (κ1) is 14.3. The topological polar surface area (TPSA) is 45.2 Å². The number of thiazole rings is 1. The molecule has 0 saturated carbocycles. The summed E-state index contributed by atoms with van der Waals surface area (Å²) >= 11 is 1.67. The molecule has 1 aliphatic rings. The van der Waals surface area contributed by atoms with E-state index in [0.29, 0.717) is 12.5 Å². The highest BCUT2D eigenvalue weighted by Crippen LogP contribution is 2.26. The minimum Gasteiger partial charge on any atom is -0.354 e. The molecule has 1 aromatic heterocycles. The van der Waals surface area contributed by atoms with E-state index in [1.807, 2.05) is 11.6 Å². The molecule has 0 aliphatic carbocycles. The van der Waals surface area contributed by atoms with Crippen LogP contribution in [0.3, 0.4) is 0 Å². The molecule has 2 rings (SSSR count). The van der Waals surface area contributed by atoms with Gasteiger partial charge in [-0.15, -0.1) is 11.3 Å². The summed E-state index contributed by atoms with van der Waals surface area (Å²) in [7, 11) is 0. The van der Waals surface area contributed by atoms with E-state index in [4.69, 9.17) is 0 Å². The first-order valence-electron chi connectivity index (χ1n) is 6.88. The van der Waals surface area contributed by atoms with Crippen molar-refractivity contribution in [2.75, 3.05) is 18.0 Å². The van der Waals surface area contributed by atoms with Gasteiger partial charge in [-0.05, 0) is 18.3 Å². The molecule has 4 nitrogen and oxygen atoms in total. The molecule has 0 bridgehead atoms. The average molecular weight is 281 g/mol. The van der Waals surface area contributed by atoms with Crippen LogP contribution in [0.25, 0.3) is 0 Å². The van der Waals surface area contributed by atoms with E-state index >= 15 is 0 Å². The highest BCUT2D eigenvalue weighted by atomic mass is 32.1. The molecule has 1 aromatic rings. The molecule has 0 spiro atoms. The third-order valence-electron chi connectivity index (χ3n) is 3.27. The van der Waals surface area contributed by atoms with Gasteiger partial charge in [-0.3, -0.25) is 4.79 Å². The van der Waals surface area contributed by atoms with Crippen LogP contribution in [0, 0.1) is 5.41 Å². The molecule has 1 fully saturated rings. The predicted octanol–water partition coefficient (Wildman–Crippen LogP) is 2.66. The van der Waals surface area contributed by atoms with Crippen LogP contribution in [0.2, 0.25) is 0 Å². The summed E-state index contributed by atoms with van der Waals surface area (Å²) in [6.07, 6.45) is 4.74. The molecular weight excluding hydrogens is 258 g/mol. The third kappa shape index (κ3) is 4.20. The van der Waals surface area contributed by atoms with Crippen molar-refractivity contribution in [2.45, 2.75) is 46.1 Å². The van der Waals surface area contributed by atoms with Gasteiger partial charge >= 0.3 is 0 Å². The van der Waals surface area contributed by atoms with Crippen molar-refractivity contribution >= 4 is 22.4 Å². The quantitative estimate of drug-likeness (QED) is 0.923. The number of anilines is 1. The number of hydrogen-bond acceptors (Lipinski definition) is 4. The van der Waals surface area contributed by atoms with Gasteiger partial charge in [-0.1, -0.05) is 20.8 Å². The van der Waals surface area contributed by atoms with Crippen LogP contribution in [-0.2, 0) is 4.79 Å². The number of carbonyl (C=O) groups excluding carboxylic acids is 1. The highest BCUT2D eigenvalue weighted by Gasteiger charge is 2.27. The van der Waals surface area contributed by atoms with E-state index in [1.54, 1.807) is 11.3 Å². The van der Waals surface area contributed by atoms with Crippen LogP contribution in [0.4, 0.5) is 5.13 Å². The van der Waals surface area contributed by atoms with Gasteiger partial charge in [0.1, 0.15) is 0 Å². The zero-order chi connectivity index (χ0) is 13.9. The minimum absolute atomic E-state index is 0.0504. The second kappa shape index (κ2) is 5.90. The monoisotopic (exact) mass is 281 g/mol. The lowest BCUT2D eigenvalue weighted by Gasteiger charge is -2.25. The van der Waals surface area contributed by atoms with Crippen LogP contribution in [0.5, 0.6) is 0 Å². The number of hydrogen-bond donors (Lipinski definition) is 1. The predicted molar refractivity (Wildman–Crippen MR) is 79.6 cm³/mol. The Balaban J connectivity index is 1.84. The lowest BCUT2D eigenvalue weighted by atomic mass is 9.92. The molecule has 0 radical (unpaired) electrons. The van der Waals surface area contributed by atoms with Gasteiger partial charge in [0.25, 0.3) is 0 Å². The summed E-state index contributed by atoms with van der Waals surface area (Å²) in [5, 5.41) is 6.15. The molecule has 1 N–H and O–H groups in total. The lowest BCUT2D eigenvalue weighted by molar-refractivity contribution is -0.122. The maximum atomic E-state index is 11.9. The van der Waals surface area contributed by atoms with E-state index in [0.717, 1.165) is 24.6 Å². The van der Waals surface area contributed by atoms with E-state index < -0.39 is 0 Å². The molecule has 1 amide bonds. The zero-order valence-corrected chi connectivity index (χ0v) is 12.8. The molecular formula is C14H23N3OS. The van der Waals surface area contributed by atoms with Crippen LogP contribution < -0.4 is 10.2 Å². The summed E-state index contributed by atoms with van der Waals surface area (Å²) in [6, 6.07) is 0.398. The van der Waals surface area contributed by atoms with Crippen molar-refractivity contribution < 1.29 is 4.79 Å². The Morgan fingerprint density at radius 3 is 3.00 bits per heavy atom. The highest BCUT2D eigenvalue weighted by molar-refractivity contribution is 7.13. The first-order valence-corrected chi connectivity index (χ1v) is 7.76. The summed E-state index contributed by atoms with van der Waals surface area (Å²) in [5.41, 5.74) is 0.0504. The van der Waals surface area contributed by atoms with Crippen LogP contribution in [0.15, 0.2) is 11.6 Å². The Hall–Kier alpha value is -1.10. The Morgan fingerprint density at radius 2 is 2.37 bits per heavy atom. The average Bonchev–Trinajstić information content (AvgIpc) is 2.94. The number of rotatable bonds is 4. The second-order valence-electron chi connectivity index (χ2n) is 6.35. The number of carbonyl (C=O) groups is 1. The normalized spacial score (nSPS) is 19.7. The van der Waals surface area contributed by atoms with Crippen molar-refractivity contribution in [2.24, 2.45) is 5.41 Å². The van der Waals surface area contributed by atoms with Gasteiger partial charge in [-0.2, -0.15) is 0 Å². The largest absolute Gasteiger partial charge is 0.354 e. The number of amides is 1. The molecule has 0 aromatic carbocycles. The van der Waals surface area contributed by atoms with Gasteiger partial charge < -0.3 is 10.2 Å². The van der Waals surface area contributed by atoms with E-state index in [9.17, 15) is 4.79 Å². The Bertz CT molecular complexity index is 411. The van der Waals surface area contributed by atoms with Crippen LogP contribution >= 0.6 is 11.3 Å². The Kier molecular flexibility index (Phi) is 4.45. The minimum atomic E-state index is 0.0504. The van der Waals surface area contributed by atoms with Gasteiger partial charge in [0.05, 0.1) is 0 Å². The maximum Gasteiger partial charge on any atom is 0.220 e. The lowest BCUT2D eigenvalue weighted by Crippen LogP contribution is -2.41. The van der Waals surface area contributed by atoms with Gasteiger partial charge in [-0.25, -0.2) is 4.98 Å². The molecule has 19 heavy (non-hydrogen) atoms. The smallest absolute Gasteiger partial charge is 0.220 e. The Morgan fingerprint density at radius 1 is 1.58 bits per heavy atom. The van der Waals surface area contributed by atoms with Crippen molar-refractivity contribution in [1.82, 2.24) is 10.3 Å². The second-order valence-corrected chi connectivity index (χ2v) is 7.22. The van der Waals surface area contributed by atoms with Crippen molar-refractivity contribution in [3.05, 3.63) is 11.6 Å². The summed E-state index contributed by atoms with van der Waals surface area (Å²) in [6.45, 7) is 8.04. The Labute approximate surface area is 119 Å². The summed E-state index contributed by atoms with van der Waals surface area (Å²) in [5.74, 6) is 0.151. The van der Waals surface area contributed by atoms with Crippen molar-refractivity contribution in [3.8, 4) is 0 Å². The van der Waals surface area contributed by atoms with Gasteiger partial charge in [0.15, 0.2) is 5.13 Å². The standard InChI is InChI=1S/C14H23N3OS/c1-14(2,3)9-12(18)16-10-11-5-4-7-17(11)13-15-6-8-19-13/h6,8,11H,4-5,7,9-10H2,1-3H3,(H,16,18)/t11-/m0/s1. The van der Waals surface area contributed by atoms with Gasteiger partial charge in [0.2, 0.25) is 5.91 Å². The number of nitrogens with one attached hydrogen (secondary N) is 1. The molecule has 1 saturated heterocycles. The van der Waals surface area contributed by atoms with Gasteiger partial charge in [0, 0.05) is 37.1 Å². The fraction of sp³-hybridized carbons (Fsp3) is 0.714. The van der Waals surface area contributed by atoms with E-state index in [1.165, 1.54) is 6.42 Å². The van der Waals surface area contributed by atoms with Crippen molar-refractivity contribution in [3.63, 3.8) is 0 Å². The van der Waals surface area contributed by atoms with E-state index in [2.05, 4.69) is 36.0 Å². The van der Waals surface area contributed by atoms with Crippen molar-refractivity contribution in [1.29, 1.82) is 0 Å². The summed E-state index contributed by atoms with van der Waals surface area (Å²) < 4.78 is 0.